The minimum atomic E-state index is -0.475. The van der Waals surface area contributed by atoms with Gasteiger partial charge in [0.25, 0.3) is 0 Å². The van der Waals surface area contributed by atoms with Gasteiger partial charge < -0.3 is 5.32 Å². The van der Waals surface area contributed by atoms with E-state index in [-0.39, 0.29) is 11.7 Å². The predicted molar refractivity (Wildman–Crippen MR) is 75.8 cm³/mol. The number of anilines is 1. The topological polar surface area (TPSA) is 79.0 Å². The van der Waals surface area contributed by atoms with Crippen molar-refractivity contribution in [1.82, 2.24) is 5.27 Å². The van der Waals surface area contributed by atoms with Crippen molar-refractivity contribution in [3.8, 4) is 0 Å². The van der Waals surface area contributed by atoms with Gasteiger partial charge in [-0.05, 0) is 54.1 Å². The highest BCUT2D eigenvalue weighted by Gasteiger charge is 2.19. The van der Waals surface area contributed by atoms with Crippen molar-refractivity contribution < 1.29 is 14.0 Å². The Balaban J connectivity index is 1.96. The van der Waals surface area contributed by atoms with Crippen LogP contribution in [0.3, 0.4) is 0 Å². The van der Waals surface area contributed by atoms with Crippen molar-refractivity contribution in [3.05, 3.63) is 39.7 Å². The van der Waals surface area contributed by atoms with Gasteiger partial charge in [-0.1, -0.05) is 10.7 Å². The summed E-state index contributed by atoms with van der Waals surface area (Å²) >= 11 is 1.13. The molecule has 106 valence electrons. The Kier molecular flexibility index (Phi) is 4.29. The zero-order valence-electron chi connectivity index (χ0n) is 11.5. The minimum Gasteiger partial charge on any atom is -0.325 e. The molecule has 2 aromatic rings. The second-order valence-corrected chi connectivity index (χ2v) is 5.44. The molecule has 7 heteroatoms. The monoisotopic (exact) mass is 294 g/mol. The number of benzene rings is 1. The lowest BCUT2D eigenvalue weighted by molar-refractivity contribution is -0.772. The molecule has 0 saturated carbocycles. The van der Waals surface area contributed by atoms with Crippen LogP contribution in [0.25, 0.3) is 0 Å². The molecule has 0 aliphatic rings. The largest absolute Gasteiger partial charge is 0.441 e. The smallest absolute Gasteiger partial charge is 0.325 e. The molecule has 0 aliphatic carbocycles. The number of nitrogens with one attached hydrogen (secondary N) is 2. The van der Waals surface area contributed by atoms with Gasteiger partial charge in [-0.3, -0.25) is 9.32 Å². The SMILES string of the molecule is Cc1ccc(NC(=O)CSc2c(=O)o[nH][n+]2C)cc1C. The first-order valence-corrected chi connectivity index (χ1v) is 7.03. The predicted octanol–water partition coefficient (Wildman–Crippen LogP) is 1.14. The van der Waals surface area contributed by atoms with E-state index < -0.39 is 5.63 Å². The Morgan fingerprint density at radius 1 is 1.40 bits per heavy atom. The van der Waals surface area contributed by atoms with E-state index in [1.165, 1.54) is 10.2 Å². The molecular weight excluding hydrogens is 278 g/mol. The van der Waals surface area contributed by atoms with Crippen molar-refractivity contribution in [2.45, 2.75) is 18.9 Å². The van der Waals surface area contributed by atoms with Crippen molar-refractivity contribution in [2.24, 2.45) is 7.05 Å². The summed E-state index contributed by atoms with van der Waals surface area (Å²) in [6, 6.07) is 5.73. The summed E-state index contributed by atoms with van der Waals surface area (Å²) in [4.78, 5) is 23.2. The van der Waals surface area contributed by atoms with Crippen LogP contribution in [0.2, 0.25) is 0 Å². The lowest BCUT2D eigenvalue weighted by Gasteiger charge is -2.06. The van der Waals surface area contributed by atoms with Gasteiger partial charge >= 0.3 is 10.7 Å². The number of aryl methyl sites for hydroxylation is 3. The number of aromatic amines is 1. The quantitative estimate of drug-likeness (QED) is 0.654. The molecule has 0 atom stereocenters. The summed E-state index contributed by atoms with van der Waals surface area (Å²) < 4.78 is 6.05. The number of H-pyrrole nitrogens is 1. The summed E-state index contributed by atoms with van der Waals surface area (Å²) in [5.74, 6) is -0.0255. The van der Waals surface area contributed by atoms with E-state index in [1.807, 2.05) is 32.0 Å². The van der Waals surface area contributed by atoms with Crippen LogP contribution in [0.4, 0.5) is 5.69 Å². The lowest BCUT2D eigenvalue weighted by atomic mass is 10.1. The Morgan fingerprint density at radius 3 is 2.75 bits per heavy atom. The molecule has 0 saturated heterocycles. The number of carbonyl (C=O) groups excluding carboxylic acids is 1. The summed E-state index contributed by atoms with van der Waals surface area (Å²) in [6.45, 7) is 4.01. The zero-order chi connectivity index (χ0) is 14.7. The molecule has 20 heavy (non-hydrogen) atoms. The summed E-state index contributed by atoms with van der Waals surface area (Å²) in [5.41, 5.74) is 2.57. The average Bonchev–Trinajstić information content (AvgIpc) is 2.71. The molecular formula is C13H16N3O3S+. The van der Waals surface area contributed by atoms with Gasteiger partial charge in [0, 0.05) is 5.69 Å². The van der Waals surface area contributed by atoms with Crippen LogP contribution in [0.1, 0.15) is 11.1 Å². The van der Waals surface area contributed by atoms with E-state index in [4.69, 9.17) is 0 Å². The third-order valence-electron chi connectivity index (χ3n) is 2.89. The molecule has 6 nitrogen and oxygen atoms in total. The average molecular weight is 294 g/mol. The fourth-order valence-electron chi connectivity index (χ4n) is 1.64. The summed E-state index contributed by atoms with van der Waals surface area (Å²) in [5, 5.41) is 5.56. The molecule has 1 amide bonds. The van der Waals surface area contributed by atoms with Gasteiger partial charge in [-0.2, -0.15) is 0 Å². The van der Waals surface area contributed by atoms with Gasteiger partial charge in [-0.25, -0.2) is 4.79 Å². The first-order chi connectivity index (χ1) is 9.47. The molecule has 1 aromatic carbocycles. The van der Waals surface area contributed by atoms with Gasteiger partial charge in [0.1, 0.15) is 0 Å². The first-order valence-electron chi connectivity index (χ1n) is 6.05. The molecule has 0 aliphatic heterocycles. The van der Waals surface area contributed by atoms with Crippen LogP contribution in [0.15, 0.2) is 32.5 Å². The maximum absolute atomic E-state index is 11.8. The number of nitrogens with zero attached hydrogens (tertiary/aromatic N) is 1. The van der Waals surface area contributed by atoms with Crippen LogP contribution in [-0.2, 0) is 11.8 Å². The molecule has 1 aromatic heterocycles. The molecule has 2 rings (SSSR count). The number of amides is 1. The highest BCUT2D eigenvalue weighted by molar-refractivity contribution is 7.99. The Hall–Kier alpha value is -2.02. The highest BCUT2D eigenvalue weighted by Crippen LogP contribution is 2.15. The van der Waals surface area contributed by atoms with E-state index in [2.05, 4.69) is 15.1 Å². The van der Waals surface area contributed by atoms with E-state index in [0.717, 1.165) is 23.0 Å². The first kappa shape index (κ1) is 14.4. The van der Waals surface area contributed by atoms with E-state index in [0.29, 0.717) is 5.03 Å². The number of rotatable bonds is 4. The van der Waals surface area contributed by atoms with Crippen LogP contribution < -0.4 is 15.6 Å². The number of thioether (sulfide) groups is 1. The van der Waals surface area contributed by atoms with Crippen LogP contribution in [0.5, 0.6) is 0 Å². The second-order valence-electron chi connectivity index (χ2n) is 4.48. The maximum atomic E-state index is 11.8. The Bertz CT molecular complexity index is 690. The molecule has 0 spiro atoms. The van der Waals surface area contributed by atoms with Gasteiger partial charge in [-0.15, -0.1) is 0 Å². The number of hydrogen-bond donors (Lipinski definition) is 2. The molecule has 0 bridgehead atoms. The fraction of sp³-hybridized carbons (Fsp3) is 0.308. The zero-order valence-corrected chi connectivity index (χ0v) is 12.3. The fourth-order valence-corrected chi connectivity index (χ4v) is 2.37. The van der Waals surface area contributed by atoms with E-state index in [9.17, 15) is 9.59 Å². The number of aromatic nitrogens is 2. The van der Waals surface area contributed by atoms with Gasteiger partial charge in [0.15, 0.2) is 7.05 Å². The molecule has 0 unspecified atom stereocenters. The van der Waals surface area contributed by atoms with E-state index in [1.54, 1.807) is 7.05 Å². The van der Waals surface area contributed by atoms with Crippen LogP contribution in [-0.4, -0.2) is 16.9 Å². The van der Waals surface area contributed by atoms with Crippen LogP contribution in [0, 0.1) is 13.8 Å². The molecule has 1 heterocycles. The molecule has 0 radical (unpaired) electrons. The lowest BCUT2D eigenvalue weighted by Crippen LogP contribution is -2.34. The summed E-state index contributed by atoms with van der Waals surface area (Å²) in [6.07, 6.45) is 0. The third kappa shape index (κ3) is 3.30. The normalized spacial score (nSPS) is 10.6. The third-order valence-corrected chi connectivity index (χ3v) is 4.01. The number of hydrogen-bond acceptors (Lipinski definition) is 4. The van der Waals surface area contributed by atoms with E-state index >= 15 is 0 Å². The second kappa shape index (κ2) is 5.96. The molecule has 2 N–H and O–H groups in total. The molecule has 0 fully saturated rings. The Labute approximate surface area is 120 Å². The van der Waals surface area contributed by atoms with Crippen molar-refractivity contribution >= 4 is 23.4 Å². The Morgan fingerprint density at radius 2 is 2.15 bits per heavy atom. The standard InChI is InChI=1S/C13H15N3O3S/c1-8-4-5-10(6-9(8)2)14-11(17)7-20-12-13(18)19-15-16(12)3/h4-6H,7H2,1-3H3,(H-,14,15,17,18)/p+1. The van der Waals surface area contributed by atoms with Crippen molar-refractivity contribution in [2.75, 3.05) is 11.1 Å². The summed E-state index contributed by atoms with van der Waals surface area (Å²) in [7, 11) is 1.65. The maximum Gasteiger partial charge on any atom is 0.441 e. The van der Waals surface area contributed by atoms with Gasteiger partial charge in [0.2, 0.25) is 5.91 Å². The number of carbonyl (C=O) groups is 1. The van der Waals surface area contributed by atoms with Crippen LogP contribution >= 0.6 is 11.8 Å². The van der Waals surface area contributed by atoms with Crippen molar-refractivity contribution in [1.29, 1.82) is 0 Å². The van der Waals surface area contributed by atoms with Crippen molar-refractivity contribution in [3.63, 3.8) is 0 Å². The minimum absolute atomic E-state index is 0.142. The van der Waals surface area contributed by atoms with Gasteiger partial charge in [0.05, 0.1) is 5.75 Å². The highest BCUT2D eigenvalue weighted by atomic mass is 32.2.